The number of hydrogen-bond acceptors (Lipinski definition) is 8. The molecule has 1 unspecified atom stereocenters. The van der Waals surface area contributed by atoms with Crippen LogP contribution in [-0.4, -0.2) is 72.9 Å². The summed E-state index contributed by atoms with van der Waals surface area (Å²) in [4.78, 5) is 46.6. The first-order valence-corrected chi connectivity index (χ1v) is 16.2. The number of carbonyl (C=O) groups excluding carboxylic acids is 3. The second kappa shape index (κ2) is 13.7. The summed E-state index contributed by atoms with van der Waals surface area (Å²) in [6.45, 7) is 13.5. The number of allylic oxidation sites excluding steroid dienone is 1. The van der Waals surface area contributed by atoms with E-state index in [0.717, 1.165) is 31.1 Å². The standard InChI is InChI=1S/C36H47N3O7/c1-8-10-11-12-26-27-16-23(27)17-30(26)46-35(42)38-31(36(3,4)5)33(40)39-20-25(19-29(39)34(41)44-7)45-32-21(9-2)15-22-13-14-24(43-6)18-28(22)37-32/h8-9,13-15,18,23,25-27,29-31H,1-2,10-12,16-17,19-20H2,3-7H3,(H,38,42)/t23?,25-,26-,27+,29+,30-,31-/m1/s1. The minimum Gasteiger partial charge on any atom is -0.497 e. The fraction of sp³-hybridized carbons (Fsp3) is 0.556. The van der Waals surface area contributed by atoms with Crippen LogP contribution in [0.2, 0.25) is 0 Å². The molecule has 2 amide bonds. The zero-order valence-corrected chi connectivity index (χ0v) is 27.6. The summed E-state index contributed by atoms with van der Waals surface area (Å²) < 4.78 is 22.8. The van der Waals surface area contributed by atoms with E-state index in [-0.39, 0.29) is 19.1 Å². The van der Waals surface area contributed by atoms with Crippen LogP contribution in [0.1, 0.15) is 64.9 Å². The molecule has 1 aliphatic heterocycles. The Morgan fingerprint density at radius 1 is 1.13 bits per heavy atom. The zero-order chi connectivity index (χ0) is 33.2. The molecule has 2 heterocycles. The third kappa shape index (κ3) is 7.16. The summed E-state index contributed by atoms with van der Waals surface area (Å²) in [5.41, 5.74) is 0.682. The number of carbonyl (C=O) groups is 3. The molecule has 7 atom stereocenters. The lowest BCUT2D eigenvalue weighted by Crippen LogP contribution is -2.57. The number of nitrogens with one attached hydrogen (secondary N) is 1. The highest BCUT2D eigenvalue weighted by Crippen LogP contribution is 2.57. The molecule has 2 aliphatic carbocycles. The first-order valence-electron chi connectivity index (χ1n) is 16.2. The van der Waals surface area contributed by atoms with E-state index in [9.17, 15) is 14.4 Å². The van der Waals surface area contributed by atoms with Gasteiger partial charge in [0.1, 0.15) is 30.0 Å². The highest BCUT2D eigenvalue weighted by molar-refractivity contribution is 5.91. The number of rotatable bonds is 12. The number of likely N-dealkylation sites (tertiary alicyclic amines) is 1. The summed E-state index contributed by atoms with van der Waals surface area (Å²) in [6.07, 6.45) is 7.47. The molecule has 2 saturated carbocycles. The van der Waals surface area contributed by atoms with Crippen LogP contribution < -0.4 is 14.8 Å². The molecule has 248 valence electrons. The summed E-state index contributed by atoms with van der Waals surface area (Å²) in [5.74, 6) is 1.62. The van der Waals surface area contributed by atoms with Crippen molar-refractivity contribution in [2.45, 2.75) is 83.6 Å². The maximum atomic E-state index is 14.2. The number of methoxy groups -OCH3 is 2. The number of ether oxygens (including phenoxy) is 4. The quantitative estimate of drug-likeness (QED) is 0.174. The molecule has 10 nitrogen and oxygen atoms in total. The first-order chi connectivity index (χ1) is 22.0. The Labute approximate surface area is 271 Å². The number of benzene rings is 1. The van der Waals surface area contributed by atoms with Gasteiger partial charge in [-0.15, -0.1) is 6.58 Å². The van der Waals surface area contributed by atoms with Crippen LogP contribution in [0, 0.1) is 23.2 Å². The van der Waals surface area contributed by atoms with E-state index in [0.29, 0.717) is 40.5 Å². The van der Waals surface area contributed by atoms with Crippen molar-refractivity contribution < 1.29 is 33.3 Å². The number of fused-ring (bicyclic) bond motifs is 2. The highest BCUT2D eigenvalue weighted by Gasteiger charge is 2.54. The molecule has 1 saturated heterocycles. The van der Waals surface area contributed by atoms with Crippen molar-refractivity contribution in [3.63, 3.8) is 0 Å². The number of esters is 1. The average Bonchev–Trinajstić information content (AvgIpc) is 3.53. The zero-order valence-electron chi connectivity index (χ0n) is 27.6. The van der Waals surface area contributed by atoms with Gasteiger partial charge < -0.3 is 29.2 Å². The van der Waals surface area contributed by atoms with Crippen molar-refractivity contribution in [3.8, 4) is 11.6 Å². The van der Waals surface area contributed by atoms with E-state index in [1.54, 1.807) is 13.2 Å². The molecular formula is C36H47N3O7. The Balaban J connectivity index is 1.31. The molecule has 2 aromatic rings. The van der Waals surface area contributed by atoms with Gasteiger partial charge in [0.2, 0.25) is 11.8 Å². The molecule has 0 bridgehead atoms. The van der Waals surface area contributed by atoms with Crippen molar-refractivity contribution in [1.29, 1.82) is 0 Å². The van der Waals surface area contributed by atoms with Crippen LogP contribution in [0.4, 0.5) is 4.79 Å². The highest BCUT2D eigenvalue weighted by atomic mass is 16.6. The van der Waals surface area contributed by atoms with Crippen molar-refractivity contribution in [1.82, 2.24) is 15.2 Å². The Bertz CT molecular complexity index is 1480. The second-order valence-corrected chi connectivity index (χ2v) is 13.8. The molecule has 3 aliphatic rings. The van der Waals surface area contributed by atoms with Gasteiger partial charge in [0, 0.05) is 23.4 Å². The molecule has 1 aromatic carbocycles. The summed E-state index contributed by atoms with van der Waals surface area (Å²) in [7, 11) is 2.88. The minimum atomic E-state index is -0.948. The molecule has 0 spiro atoms. The second-order valence-electron chi connectivity index (χ2n) is 13.8. The Morgan fingerprint density at radius 2 is 1.91 bits per heavy atom. The van der Waals surface area contributed by atoms with Crippen LogP contribution in [-0.2, 0) is 19.1 Å². The lowest BCUT2D eigenvalue weighted by molar-refractivity contribution is -0.152. The number of aromatic nitrogens is 1. The molecule has 3 fully saturated rings. The summed E-state index contributed by atoms with van der Waals surface area (Å²) in [5, 5.41) is 3.76. The number of amides is 2. The molecule has 10 heteroatoms. The van der Waals surface area contributed by atoms with E-state index >= 15 is 0 Å². The average molecular weight is 634 g/mol. The van der Waals surface area contributed by atoms with Crippen LogP contribution >= 0.6 is 0 Å². The topological polar surface area (TPSA) is 116 Å². The van der Waals surface area contributed by atoms with Crippen LogP contribution in [0.15, 0.2) is 43.5 Å². The maximum Gasteiger partial charge on any atom is 0.408 e. The van der Waals surface area contributed by atoms with E-state index in [2.05, 4.69) is 18.5 Å². The lowest BCUT2D eigenvalue weighted by Gasteiger charge is -2.35. The van der Waals surface area contributed by atoms with Gasteiger partial charge >= 0.3 is 12.1 Å². The largest absolute Gasteiger partial charge is 0.497 e. The fourth-order valence-corrected chi connectivity index (χ4v) is 7.11. The van der Waals surface area contributed by atoms with Crippen molar-refractivity contribution in [3.05, 3.63) is 49.1 Å². The van der Waals surface area contributed by atoms with Gasteiger partial charge in [0.05, 0.1) is 26.3 Å². The molecule has 46 heavy (non-hydrogen) atoms. The van der Waals surface area contributed by atoms with Gasteiger partial charge in [0.15, 0.2) is 0 Å². The summed E-state index contributed by atoms with van der Waals surface area (Å²) >= 11 is 0. The van der Waals surface area contributed by atoms with Crippen LogP contribution in [0.5, 0.6) is 11.6 Å². The SMILES string of the molecule is C=CCCC[C@H]1[C@H](OC(=O)N[C@H](C(=O)N2C[C@H](Oc3nc4cc(OC)ccc4cc3C=C)C[C@H]2C(=O)OC)C(C)(C)C)CC2C[C@@H]21. The van der Waals surface area contributed by atoms with Crippen molar-refractivity contribution in [2.24, 2.45) is 23.2 Å². The predicted molar refractivity (Wildman–Crippen MR) is 175 cm³/mol. The normalized spacial score (nSPS) is 25.7. The van der Waals surface area contributed by atoms with Gasteiger partial charge in [-0.25, -0.2) is 14.6 Å². The predicted octanol–water partition coefficient (Wildman–Crippen LogP) is 5.93. The van der Waals surface area contributed by atoms with Gasteiger partial charge in [-0.2, -0.15) is 0 Å². The molecule has 1 aromatic heterocycles. The molecule has 5 rings (SSSR count). The maximum absolute atomic E-state index is 14.2. The number of hydrogen-bond donors (Lipinski definition) is 1. The Hall–Kier alpha value is -4.08. The number of alkyl carbamates (subject to hydrolysis) is 1. The Kier molecular flexibility index (Phi) is 9.93. The van der Waals surface area contributed by atoms with Gasteiger partial charge in [-0.05, 0) is 73.5 Å². The fourth-order valence-electron chi connectivity index (χ4n) is 7.11. The van der Waals surface area contributed by atoms with E-state index < -0.39 is 41.6 Å². The van der Waals surface area contributed by atoms with Gasteiger partial charge in [-0.1, -0.05) is 39.5 Å². The first kappa shape index (κ1) is 33.3. The number of pyridine rings is 1. The lowest BCUT2D eigenvalue weighted by atomic mass is 9.85. The minimum absolute atomic E-state index is 0.105. The smallest absolute Gasteiger partial charge is 0.408 e. The monoisotopic (exact) mass is 633 g/mol. The Morgan fingerprint density at radius 3 is 2.59 bits per heavy atom. The third-order valence-corrected chi connectivity index (χ3v) is 9.65. The van der Waals surface area contributed by atoms with Crippen LogP contribution in [0.25, 0.3) is 17.0 Å². The van der Waals surface area contributed by atoms with Crippen molar-refractivity contribution in [2.75, 3.05) is 20.8 Å². The van der Waals surface area contributed by atoms with Crippen molar-refractivity contribution >= 4 is 34.9 Å². The van der Waals surface area contributed by atoms with E-state index in [1.807, 2.05) is 51.1 Å². The summed E-state index contributed by atoms with van der Waals surface area (Å²) in [6, 6.07) is 5.65. The van der Waals surface area contributed by atoms with Gasteiger partial charge in [-0.3, -0.25) is 4.79 Å². The molecular weight excluding hydrogens is 586 g/mol. The molecule has 0 radical (unpaired) electrons. The number of nitrogens with zero attached hydrogens (tertiary/aromatic N) is 2. The van der Waals surface area contributed by atoms with E-state index in [4.69, 9.17) is 23.9 Å². The number of unbranched alkanes of at least 4 members (excludes halogenated alkanes) is 1. The van der Waals surface area contributed by atoms with Crippen LogP contribution in [0.3, 0.4) is 0 Å². The molecule has 1 N–H and O–H groups in total. The van der Waals surface area contributed by atoms with Gasteiger partial charge in [0.25, 0.3) is 0 Å². The third-order valence-electron chi connectivity index (χ3n) is 9.65. The van der Waals surface area contributed by atoms with E-state index in [1.165, 1.54) is 18.4 Å².